The van der Waals surface area contributed by atoms with Crippen LogP contribution in [0.3, 0.4) is 0 Å². The summed E-state index contributed by atoms with van der Waals surface area (Å²) in [6.45, 7) is 7.49. The van der Waals surface area contributed by atoms with E-state index in [2.05, 4.69) is 20.4 Å². The molecule has 1 aromatic carbocycles. The van der Waals surface area contributed by atoms with Gasteiger partial charge in [-0.3, -0.25) is 4.21 Å². The van der Waals surface area contributed by atoms with Gasteiger partial charge in [0.15, 0.2) is 0 Å². The second-order valence-corrected chi connectivity index (χ2v) is 8.16. The molecule has 0 N–H and O–H groups in total. The molecule has 1 unspecified atom stereocenters. The van der Waals surface area contributed by atoms with Gasteiger partial charge < -0.3 is 4.90 Å². The number of aromatic nitrogens is 4. The SMILES string of the molecule is Cc1ccc(-n2nnnc2N2CCS(=O)C(C)(C)C2)cc1. The van der Waals surface area contributed by atoms with Gasteiger partial charge in [0.1, 0.15) is 0 Å². The average Bonchev–Trinajstić information content (AvgIpc) is 2.92. The number of aryl methyl sites for hydroxylation is 1. The van der Waals surface area contributed by atoms with E-state index in [1.807, 2.05) is 45.0 Å². The van der Waals surface area contributed by atoms with E-state index in [1.54, 1.807) is 4.68 Å². The van der Waals surface area contributed by atoms with E-state index in [0.29, 0.717) is 24.8 Å². The molecule has 112 valence electrons. The standard InChI is InChI=1S/C14H19N5OS/c1-11-4-6-12(7-5-11)19-13(15-16-17-19)18-8-9-21(20)14(2,3)10-18/h4-7H,8-10H2,1-3H3. The van der Waals surface area contributed by atoms with Crippen molar-refractivity contribution in [2.24, 2.45) is 0 Å². The van der Waals surface area contributed by atoms with Crippen LogP contribution in [0.2, 0.25) is 0 Å². The third-order valence-corrected chi connectivity index (χ3v) is 5.66. The van der Waals surface area contributed by atoms with Crippen molar-refractivity contribution in [3.8, 4) is 5.69 Å². The normalized spacial score (nSPS) is 21.5. The minimum absolute atomic E-state index is 0.248. The molecule has 0 aliphatic carbocycles. The molecule has 1 fully saturated rings. The van der Waals surface area contributed by atoms with Crippen LogP contribution in [0.5, 0.6) is 0 Å². The molecule has 7 heteroatoms. The van der Waals surface area contributed by atoms with Crippen LogP contribution in [0.1, 0.15) is 19.4 Å². The van der Waals surface area contributed by atoms with Crippen LogP contribution in [0.15, 0.2) is 24.3 Å². The molecule has 0 radical (unpaired) electrons. The molecule has 1 aliphatic rings. The predicted octanol–water partition coefficient (Wildman–Crippen LogP) is 1.32. The van der Waals surface area contributed by atoms with Gasteiger partial charge in [0.05, 0.1) is 10.4 Å². The summed E-state index contributed by atoms with van der Waals surface area (Å²) in [5, 5.41) is 12.1. The minimum atomic E-state index is -0.807. The molecule has 0 spiro atoms. The van der Waals surface area contributed by atoms with Crippen LogP contribution in [0.4, 0.5) is 5.95 Å². The van der Waals surface area contributed by atoms with Gasteiger partial charge in [0, 0.05) is 29.6 Å². The fourth-order valence-corrected chi connectivity index (χ4v) is 3.72. The fraction of sp³-hybridized carbons (Fsp3) is 0.500. The van der Waals surface area contributed by atoms with Crippen molar-refractivity contribution in [1.82, 2.24) is 20.2 Å². The van der Waals surface area contributed by atoms with Gasteiger partial charge >= 0.3 is 0 Å². The van der Waals surface area contributed by atoms with E-state index < -0.39 is 10.8 Å². The lowest BCUT2D eigenvalue weighted by molar-refractivity contribution is 0.579. The van der Waals surface area contributed by atoms with Gasteiger partial charge in [-0.1, -0.05) is 22.8 Å². The van der Waals surface area contributed by atoms with E-state index in [4.69, 9.17) is 0 Å². The molecule has 0 amide bonds. The topological polar surface area (TPSA) is 63.9 Å². The molecule has 0 saturated carbocycles. The Bertz CT molecular complexity index is 664. The van der Waals surface area contributed by atoms with Crippen molar-refractivity contribution in [1.29, 1.82) is 0 Å². The number of hydrogen-bond acceptors (Lipinski definition) is 5. The molecule has 1 aliphatic heterocycles. The van der Waals surface area contributed by atoms with E-state index in [0.717, 1.165) is 5.69 Å². The van der Waals surface area contributed by atoms with Crippen LogP contribution in [-0.2, 0) is 10.8 Å². The lowest BCUT2D eigenvalue weighted by Gasteiger charge is -2.37. The Morgan fingerprint density at radius 1 is 1.24 bits per heavy atom. The van der Waals surface area contributed by atoms with Crippen molar-refractivity contribution in [2.75, 3.05) is 23.7 Å². The zero-order chi connectivity index (χ0) is 15.0. The van der Waals surface area contributed by atoms with Gasteiger partial charge in [-0.15, -0.1) is 0 Å². The summed E-state index contributed by atoms with van der Waals surface area (Å²) >= 11 is 0. The monoisotopic (exact) mass is 305 g/mol. The van der Waals surface area contributed by atoms with Gasteiger partial charge in [-0.05, 0) is 43.3 Å². The van der Waals surface area contributed by atoms with E-state index in [1.165, 1.54) is 5.56 Å². The van der Waals surface area contributed by atoms with Gasteiger partial charge in [-0.2, -0.15) is 4.68 Å². The number of anilines is 1. The molecular formula is C14H19N5OS. The zero-order valence-corrected chi connectivity index (χ0v) is 13.3. The fourth-order valence-electron chi connectivity index (χ4n) is 2.48. The highest BCUT2D eigenvalue weighted by molar-refractivity contribution is 7.86. The smallest absolute Gasteiger partial charge is 0.250 e. The van der Waals surface area contributed by atoms with E-state index in [-0.39, 0.29) is 4.75 Å². The van der Waals surface area contributed by atoms with E-state index >= 15 is 0 Å². The van der Waals surface area contributed by atoms with Crippen LogP contribution >= 0.6 is 0 Å². The Hall–Kier alpha value is -1.76. The zero-order valence-electron chi connectivity index (χ0n) is 12.5. The van der Waals surface area contributed by atoms with E-state index in [9.17, 15) is 4.21 Å². The Morgan fingerprint density at radius 2 is 1.95 bits per heavy atom. The van der Waals surface area contributed by atoms with Gasteiger partial charge in [-0.25, -0.2) is 0 Å². The summed E-state index contributed by atoms with van der Waals surface area (Å²) in [5.41, 5.74) is 2.13. The number of tetrazole rings is 1. The maximum atomic E-state index is 12.0. The molecule has 1 atom stereocenters. The Kier molecular flexibility index (Phi) is 3.52. The molecule has 0 bridgehead atoms. The Labute approximate surface area is 126 Å². The van der Waals surface area contributed by atoms with Crippen molar-refractivity contribution < 1.29 is 4.21 Å². The van der Waals surface area contributed by atoms with Crippen molar-refractivity contribution in [3.63, 3.8) is 0 Å². The summed E-state index contributed by atoms with van der Waals surface area (Å²) < 4.78 is 13.5. The molecule has 1 saturated heterocycles. The lowest BCUT2D eigenvalue weighted by atomic mass is 10.2. The summed E-state index contributed by atoms with van der Waals surface area (Å²) in [6, 6.07) is 8.08. The highest BCUT2D eigenvalue weighted by Gasteiger charge is 2.35. The summed E-state index contributed by atoms with van der Waals surface area (Å²) in [4.78, 5) is 2.11. The number of benzene rings is 1. The number of nitrogens with zero attached hydrogens (tertiary/aromatic N) is 5. The first-order valence-corrected chi connectivity index (χ1v) is 8.28. The number of rotatable bonds is 2. The molecule has 1 aromatic heterocycles. The molecule has 6 nitrogen and oxygen atoms in total. The minimum Gasteiger partial charge on any atom is -0.337 e. The third kappa shape index (κ3) is 2.70. The Morgan fingerprint density at radius 3 is 2.62 bits per heavy atom. The van der Waals surface area contributed by atoms with Gasteiger partial charge in [0.2, 0.25) is 5.95 Å². The van der Waals surface area contributed by atoms with Crippen molar-refractivity contribution in [3.05, 3.63) is 29.8 Å². The highest BCUT2D eigenvalue weighted by atomic mass is 32.2. The molecule has 3 rings (SSSR count). The number of hydrogen-bond donors (Lipinski definition) is 0. The van der Waals surface area contributed by atoms with Crippen molar-refractivity contribution in [2.45, 2.75) is 25.5 Å². The first kappa shape index (κ1) is 14.2. The molecule has 2 heterocycles. The summed E-state index contributed by atoms with van der Waals surface area (Å²) in [5.74, 6) is 1.36. The average molecular weight is 305 g/mol. The first-order chi connectivity index (χ1) is 9.97. The molecular weight excluding hydrogens is 286 g/mol. The molecule has 21 heavy (non-hydrogen) atoms. The quantitative estimate of drug-likeness (QED) is 0.837. The van der Waals surface area contributed by atoms with Crippen LogP contribution in [0, 0.1) is 6.92 Å². The second kappa shape index (κ2) is 5.22. The lowest BCUT2D eigenvalue weighted by Crippen LogP contribution is -2.50. The summed E-state index contributed by atoms with van der Waals surface area (Å²) in [6.07, 6.45) is 0. The van der Waals surface area contributed by atoms with Crippen molar-refractivity contribution >= 4 is 16.7 Å². The second-order valence-electron chi connectivity index (χ2n) is 5.96. The first-order valence-electron chi connectivity index (χ1n) is 6.96. The van der Waals surface area contributed by atoms with Crippen LogP contribution < -0.4 is 4.90 Å². The largest absolute Gasteiger partial charge is 0.337 e. The highest BCUT2D eigenvalue weighted by Crippen LogP contribution is 2.25. The van der Waals surface area contributed by atoms with Crippen LogP contribution in [0.25, 0.3) is 5.69 Å². The Balaban J connectivity index is 1.92. The predicted molar refractivity (Wildman–Crippen MR) is 83.2 cm³/mol. The third-order valence-electron chi connectivity index (χ3n) is 3.75. The summed E-state index contributed by atoms with van der Waals surface area (Å²) in [7, 11) is -0.807. The molecule has 2 aromatic rings. The maximum absolute atomic E-state index is 12.0. The van der Waals surface area contributed by atoms with Gasteiger partial charge in [0.25, 0.3) is 0 Å². The maximum Gasteiger partial charge on any atom is 0.250 e. The van der Waals surface area contributed by atoms with Crippen LogP contribution in [-0.4, -0.2) is 48.0 Å².